The molecule has 1 fully saturated rings. The zero-order valence-corrected chi connectivity index (χ0v) is 13.0. The summed E-state index contributed by atoms with van der Waals surface area (Å²) in [5.41, 5.74) is 7.48. The highest BCUT2D eigenvalue weighted by molar-refractivity contribution is 5.49. The van der Waals surface area contributed by atoms with Crippen LogP contribution in [0.15, 0.2) is 18.2 Å². The zero-order valence-electron chi connectivity index (χ0n) is 13.0. The van der Waals surface area contributed by atoms with Crippen LogP contribution in [-0.2, 0) is 0 Å². The predicted octanol–water partition coefficient (Wildman–Crippen LogP) is 2.77. The third-order valence-electron chi connectivity index (χ3n) is 4.67. The Kier molecular flexibility index (Phi) is 4.35. The Bertz CT molecular complexity index is 467. The van der Waals surface area contributed by atoms with Crippen molar-refractivity contribution in [3.8, 4) is 0 Å². The average molecular weight is 279 g/mol. The minimum Gasteiger partial charge on any atom is -0.370 e. The molecule has 1 aliphatic rings. The summed E-state index contributed by atoms with van der Waals surface area (Å²) < 4.78 is 14.2. The number of nitrogens with two attached hydrogens (primary N) is 1. The molecule has 2 N–H and O–H groups in total. The van der Waals surface area contributed by atoms with Crippen molar-refractivity contribution in [2.45, 2.75) is 37.8 Å². The van der Waals surface area contributed by atoms with Gasteiger partial charge in [-0.05, 0) is 58.0 Å². The number of rotatable bonds is 5. The molecule has 0 spiro atoms. The lowest BCUT2D eigenvalue weighted by atomic mass is 9.75. The molecule has 3 nitrogen and oxygen atoms in total. The van der Waals surface area contributed by atoms with Gasteiger partial charge in [0, 0.05) is 25.2 Å². The summed E-state index contributed by atoms with van der Waals surface area (Å²) in [6, 6.07) is 5.18. The quantitative estimate of drug-likeness (QED) is 0.899. The third-order valence-corrected chi connectivity index (χ3v) is 4.67. The molecule has 112 valence electrons. The van der Waals surface area contributed by atoms with Gasteiger partial charge in [0.05, 0.1) is 5.69 Å². The maximum atomic E-state index is 14.2. The summed E-state index contributed by atoms with van der Waals surface area (Å²) in [6.07, 6.45) is 3.63. The molecule has 0 unspecified atom stereocenters. The second-order valence-corrected chi connectivity index (χ2v) is 6.33. The van der Waals surface area contributed by atoms with Crippen LogP contribution in [0.5, 0.6) is 0 Å². The lowest BCUT2D eigenvalue weighted by molar-refractivity contribution is 0.0682. The molecule has 2 rings (SSSR count). The second kappa shape index (κ2) is 5.70. The van der Waals surface area contributed by atoms with E-state index in [0.717, 1.165) is 12.1 Å². The normalized spacial score (nSPS) is 18.8. The van der Waals surface area contributed by atoms with E-state index in [1.54, 1.807) is 6.07 Å². The Balaban J connectivity index is 2.15. The number of benzene rings is 1. The van der Waals surface area contributed by atoms with Crippen molar-refractivity contribution in [1.82, 2.24) is 4.90 Å². The van der Waals surface area contributed by atoms with Gasteiger partial charge in [0.1, 0.15) is 5.82 Å². The fourth-order valence-electron chi connectivity index (χ4n) is 2.97. The highest BCUT2D eigenvalue weighted by Crippen LogP contribution is 2.37. The van der Waals surface area contributed by atoms with Gasteiger partial charge >= 0.3 is 0 Å². The Morgan fingerprint density at radius 2 is 1.95 bits per heavy atom. The van der Waals surface area contributed by atoms with Crippen molar-refractivity contribution in [2.75, 3.05) is 32.6 Å². The van der Waals surface area contributed by atoms with E-state index in [9.17, 15) is 4.39 Å². The third kappa shape index (κ3) is 2.81. The maximum Gasteiger partial charge on any atom is 0.146 e. The topological polar surface area (TPSA) is 32.5 Å². The van der Waals surface area contributed by atoms with Gasteiger partial charge in [0.2, 0.25) is 0 Å². The summed E-state index contributed by atoms with van der Waals surface area (Å²) >= 11 is 0. The monoisotopic (exact) mass is 279 g/mol. The summed E-state index contributed by atoms with van der Waals surface area (Å²) in [5, 5.41) is 0. The molecule has 0 bridgehead atoms. The zero-order chi connectivity index (χ0) is 14.9. The van der Waals surface area contributed by atoms with E-state index in [1.807, 2.05) is 31.0 Å². The summed E-state index contributed by atoms with van der Waals surface area (Å²) in [7, 11) is 6.19. The molecule has 20 heavy (non-hydrogen) atoms. The standard InChI is InChI=1S/C16H26FN3/c1-12(18)13-6-7-15(14(17)10-13)20(4)11-16(19(2)3)8-5-9-16/h6-7,10,12H,5,8-9,11,18H2,1-4H3/t12-/m1/s1. The second-order valence-electron chi connectivity index (χ2n) is 6.33. The van der Waals surface area contributed by atoms with Crippen molar-refractivity contribution in [3.63, 3.8) is 0 Å². The molecule has 0 aromatic heterocycles. The lowest BCUT2D eigenvalue weighted by Crippen LogP contribution is -2.56. The van der Waals surface area contributed by atoms with E-state index in [1.165, 1.54) is 19.3 Å². The van der Waals surface area contributed by atoms with E-state index in [4.69, 9.17) is 5.73 Å². The van der Waals surface area contributed by atoms with Gasteiger partial charge in [0.25, 0.3) is 0 Å². The fourth-order valence-corrected chi connectivity index (χ4v) is 2.97. The minimum atomic E-state index is -0.185. The van der Waals surface area contributed by atoms with Crippen LogP contribution >= 0.6 is 0 Å². The highest BCUT2D eigenvalue weighted by Gasteiger charge is 2.40. The molecular formula is C16H26FN3. The van der Waals surface area contributed by atoms with Gasteiger partial charge in [-0.1, -0.05) is 6.07 Å². The first-order valence-electron chi connectivity index (χ1n) is 7.29. The Hall–Kier alpha value is -1.13. The number of nitrogens with zero attached hydrogens (tertiary/aromatic N) is 2. The van der Waals surface area contributed by atoms with E-state index in [2.05, 4.69) is 19.0 Å². The van der Waals surface area contributed by atoms with Gasteiger partial charge in [-0.2, -0.15) is 0 Å². The van der Waals surface area contributed by atoms with Crippen molar-refractivity contribution in [2.24, 2.45) is 5.73 Å². The molecule has 4 heteroatoms. The van der Waals surface area contributed by atoms with E-state index < -0.39 is 0 Å². The highest BCUT2D eigenvalue weighted by atomic mass is 19.1. The number of hydrogen-bond acceptors (Lipinski definition) is 3. The number of halogens is 1. The molecule has 0 amide bonds. The van der Waals surface area contributed by atoms with Crippen molar-refractivity contribution in [1.29, 1.82) is 0 Å². The Labute approximate surface area is 121 Å². The fraction of sp³-hybridized carbons (Fsp3) is 0.625. The first-order chi connectivity index (χ1) is 9.35. The van der Waals surface area contributed by atoms with Crippen LogP contribution in [0.3, 0.4) is 0 Å². The molecular weight excluding hydrogens is 253 g/mol. The van der Waals surface area contributed by atoms with Crippen LogP contribution in [0, 0.1) is 5.82 Å². The summed E-state index contributed by atoms with van der Waals surface area (Å²) in [4.78, 5) is 4.31. The largest absolute Gasteiger partial charge is 0.370 e. The molecule has 0 aliphatic heterocycles. The van der Waals surface area contributed by atoms with Gasteiger partial charge in [-0.25, -0.2) is 4.39 Å². The van der Waals surface area contributed by atoms with Crippen LogP contribution in [0.4, 0.5) is 10.1 Å². The molecule has 1 aromatic carbocycles. The van der Waals surface area contributed by atoms with Crippen LogP contribution in [-0.4, -0.2) is 38.1 Å². The van der Waals surface area contributed by atoms with Gasteiger partial charge < -0.3 is 15.5 Å². The van der Waals surface area contributed by atoms with Crippen LogP contribution in [0.25, 0.3) is 0 Å². The van der Waals surface area contributed by atoms with Crippen LogP contribution in [0.1, 0.15) is 37.8 Å². The van der Waals surface area contributed by atoms with Crippen LogP contribution in [0.2, 0.25) is 0 Å². The van der Waals surface area contributed by atoms with Crippen molar-refractivity contribution in [3.05, 3.63) is 29.6 Å². The minimum absolute atomic E-state index is 0.136. The van der Waals surface area contributed by atoms with E-state index in [0.29, 0.717) is 5.69 Å². The summed E-state index contributed by atoms with van der Waals surface area (Å²) in [5.74, 6) is -0.185. The SMILES string of the molecule is C[C@@H](N)c1ccc(N(C)CC2(N(C)C)CCC2)c(F)c1. The maximum absolute atomic E-state index is 14.2. The molecule has 1 aliphatic carbocycles. The molecule has 1 aromatic rings. The number of hydrogen-bond donors (Lipinski definition) is 1. The Morgan fingerprint density at radius 3 is 2.35 bits per heavy atom. The lowest BCUT2D eigenvalue weighted by Gasteiger charge is -2.49. The van der Waals surface area contributed by atoms with Crippen molar-refractivity contribution < 1.29 is 4.39 Å². The smallest absolute Gasteiger partial charge is 0.146 e. The van der Waals surface area contributed by atoms with Crippen LogP contribution < -0.4 is 10.6 Å². The molecule has 1 saturated carbocycles. The first-order valence-corrected chi connectivity index (χ1v) is 7.29. The average Bonchev–Trinajstić information content (AvgIpc) is 2.32. The molecule has 0 radical (unpaired) electrons. The van der Waals surface area contributed by atoms with E-state index >= 15 is 0 Å². The number of anilines is 1. The van der Waals surface area contributed by atoms with Crippen molar-refractivity contribution >= 4 is 5.69 Å². The molecule has 0 heterocycles. The summed E-state index contributed by atoms with van der Waals surface area (Å²) in [6.45, 7) is 2.72. The first kappa shape index (κ1) is 15.3. The predicted molar refractivity (Wildman–Crippen MR) is 82.5 cm³/mol. The number of likely N-dealkylation sites (N-methyl/N-ethyl adjacent to an activating group) is 2. The van der Waals surface area contributed by atoms with Gasteiger partial charge in [-0.3, -0.25) is 0 Å². The van der Waals surface area contributed by atoms with E-state index in [-0.39, 0.29) is 17.4 Å². The molecule has 0 saturated heterocycles. The van der Waals surface area contributed by atoms with Gasteiger partial charge in [-0.15, -0.1) is 0 Å². The Morgan fingerprint density at radius 1 is 1.30 bits per heavy atom. The molecule has 1 atom stereocenters. The van der Waals surface area contributed by atoms with Gasteiger partial charge in [0.15, 0.2) is 0 Å².